The number of H-pyrrole nitrogens is 2. The van der Waals surface area contributed by atoms with Crippen LogP contribution in [0.2, 0.25) is 10.1 Å². The highest BCUT2D eigenvalue weighted by Gasteiger charge is 2.55. The summed E-state index contributed by atoms with van der Waals surface area (Å²) in [6.07, 6.45) is -3.18. The van der Waals surface area contributed by atoms with Gasteiger partial charge in [-0.1, -0.05) is 163 Å². The van der Waals surface area contributed by atoms with Crippen LogP contribution in [0.4, 0.5) is 0 Å². The van der Waals surface area contributed by atoms with E-state index in [9.17, 15) is 28.6 Å². The maximum absolute atomic E-state index is 14.5. The number of hydrogen-bond donors (Lipinski definition) is 3. The van der Waals surface area contributed by atoms with Crippen molar-refractivity contribution in [2.24, 2.45) is 0 Å². The molecule has 0 spiro atoms. The summed E-state index contributed by atoms with van der Waals surface area (Å²) in [7, 11) is -11.5. The second-order valence-corrected chi connectivity index (χ2v) is 30.4. The van der Waals surface area contributed by atoms with Gasteiger partial charge in [-0.3, -0.25) is 37.7 Å². The SMILES string of the molecule is Cc1cn([C@H]2C[C@H](O[Si](c3ccccc3)(c3ccccc3)C(C)(C)C)[C@@H](COP(=O)(O)O[C@H]3C[C@H](n4cc(C)c(=O)[nH]c4=O)O[C@@H]3CO[Si](c3ccccc3)(c3ccccc3)C(C)(C)C)O2)c(=O)[nH]c1=O. The second-order valence-electron chi connectivity index (χ2n) is 20.4. The zero-order valence-corrected chi connectivity index (χ0v) is 44.2. The third-order valence-corrected chi connectivity index (χ3v) is 24.6. The van der Waals surface area contributed by atoms with Crippen LogP contribution in [-0.4, -0.2) is 78.3 Å². The minimum Gasteiger partial charge on any atom is -0.405 e. The molecule has 0 bridgehead atoms. The van der Waals surface area contributed by atoms with Crippen molar-refractivity contribution in [1.82, 2.24) is 19.1 Å². The van der Waals surface area contributed by atoms with E-state index in [0.29, 0.717) is 0 Å². The van der Waals surface area contributed by atoms with Gasteiger partial charge in [0.05, 0.1) is 19.3 Å². The van der Waals surface area contributed by atoms with Crippen molar-refractivity contribution in [2.75, 3.05) is 13.2 Å². The Balaban J connectivity index is 1.13. The molecule has 71 heavy (non-hydrogen) atoms. The van der Waals surface area contributed by atoms with Gasteiger partial charge in [0, 0.05) is 36.4 Å². The van der Waals surface area contributed by atoms with Crippen LogP contribution in [0.15, 0.2) is 153 Å². The number of nitrogens with one attached hydrogen (secondary N) is 2. The molecular formula is C52H63N4O12PSi2. The van der Waals surface area contributed by atoms with Crippen molar-refractivity contribution in [3.8, 4) is 0 Å². The van der Waals surface area contributed by atoms with Gasteiger partial charge in [0.1, 0.15) is 30.8 Å². The van der Waals surface area contributed by atoms with Gasteiger partial charge < -0.3 is 23.2 Å². The molecule has 2 aromatic heterocycles. The largest absolute Gasteiger partial charge is 0.472 e. The summed E-state index contributed by atoms with van der Waals surface area (Å²) < 4.78 is 56.9. The van der Waals surface area contributed by atoms with Gasteiger partial charge in [0.15, 0.2) is 0 Å². The monoisotopic (exact) mass is 1020 g/mol. The van der Waals surface area contributed by atoms with Crippen LogP contribution < -0.4 is 43.2 Å². The normalized spacial score (nSPS) is 21.8. The van der Waals surface area contributed by atoms with E-state index < -0.39 is 101 Å². The first-order valence-electron chi connectivity index (χ1n) is 23.8. The predicted molar refractivity (Wildman–Crippen MR) is 276 cm³/mol. The number of ether oxygens (including phenoxy) is 2. The summed E-state index contributed by atoms with van der Waals surface area (Å²) in [4.78, 5) is 68.0. The Morgan fingerprint density at radius 1 is 0.592 bits per heavy atom. The standard InChI is InChI=1S/C52H63N4O12PSi2/c1-35-31-55(49(59)53-47(35)57)45-29-41(44(66-45)34-64-70(51(3,4)5,37-21-13-9-14-22-37)38-23-15-10-16-24-38)67-69(61,62)63-33-43-42(30-46(65-43)56-32-36(2)48(58)54-50(56)60)68-71(52(6,7)8,39-25-17-11-18-26-39)40-27-19-12-20-28-40/h9-28,31-32,41-46H,29-30,33-34H2,1-8H3,(H,61,62)(H,53,57,59)(H,54,58,60)/t41-,42-,43+,44+,45+,46+/m0/s1. The molecule has 2 fully saturated rings. The smallest absolute Gasteiger partial charge is 0.405 e. The zero-order valence-electron chi connectivity index (χ0n) is 41.3. The van der Waals surface area contributed by atoms with Crippen LogP contribution in [0.1, 0.15) is 78.0 Å². The molecule has 6 aromatic rings. The molecule has 2 aliphatic heterocycles. The van der Waals surface area contributed by atoms with E-state index in [1.54, 1.807) is 13.8 Å². The molecule has 7 atom stereocenters. The molecule has 4 heterocycles. The molecule has 0 aliphatic carbocycles. The van der Waals surface area contributed by atoms with Gasteiger partial charge in [0.2, 0.25) is 0 Å². The average Bonchev–Trinajstić information content (AvgIpc) is 3.93. The molecule has 8 rings (SSSR count). The van der Waals surface area contributed by atoms with E-state index in [2.05, 4.69) is 51.5 Å². The fraction of sp³-hybridized carbons (Fsp3) is 0.385. The number of rotatable bonds is 16. The first kappa shape index (κ1) is 52.0. The van der Waals surface area contributed by atoms with E-state index in [0.717, 1.165) is 20.7 Å². The lowest BCUT2D eigenvalue weighted by atomic mass is 10.2. The summed E-state index contributed by atoms with van der Waals surface area (Å²) in [5, 5.41) is 3.05. The Morgan fingerprint density at radius 3 is 1.35 bits per heavy atom. The van der Waals surface area contributed by atoms with E-state index in [1.165, 1.54) is 21.5 Å². The summed E-state index contributed by atoms with van der Waals surface area (Å²) in [5.41, 5.74) is -1.94. The second kappa shape index (κ2) is 20.6. The van der Waals surface area contributed by atoms with Crippen LogP contribution >= 0.6 is 7.82 Å². The molecule has 3 N–H and O–H groups in total. The maximum atomic E-state index is 14.5. The van der Waals surface area contributed by atoms with Crippen molar-refractivity contribution < 1.29 is 36.8 Å². The lowest BCUT2D eigenvalue weighted by Crippen LogP contribution is -2.68. The highest BCUT2D eigenvalue weighted by molar-refractivity contribution is 7.47. The molecule has 16 nitrogen and oxygen atoms in total. The molecule has 4 aromatic carbocycles. The summed E-state index contributed by atoms with van der Waals surface area (Å²) in [6, 6.07) is 39.8. The predicted octanol–water partition coefficient (Wildman–Crippen LogP) is 5.30. The highest BCUT2D eigenvalue weighted by Crippen LogP contribution is 2.50. The van der Waals surface area contributed by atoms with Gasteiger partial charge in [-0.05, 0) is 44.7 Å². The Kier molecular flexibility index (Phi) is 15.1. The Bertz CT molecular complexity index is 3010. The molecule has 2 saturated heterocycles. The highest BCUT2D eigenvalue weighted by atomic mass is 31.2. The first-order chi connectivity index (χ1) is 33.6. The van der Waals surface area contributed by atoms with Crippen molar-refractivity contribution >= 4 is 45.2 Å². The van der Waals surface area contributed by atoms with Crippen molar-refractivity contribution in [3.63, 3.8) is 0 Å². The molecule has 19 heteroatoms. The molecule has 0 amide bonds. The first-order valence-corrected chi connectivity index (χ1v) is 29.1. The summed E-state index contributed by atoms with van der Waals surface area (Å²) >= 11 is 0. The number of hydrogen-bond acceptors (Lipinski definition) is 11. The van der Waals surface area contributed by atoms with E-state index in [4.69, 9.17) is 27.4 Å². The third kappa shape index (κ3) is 10.6. The minimum absolute atomic E-state index is 0.0931. The number of phosphoric ester groups is 1. The molecular weight excluding hydrogens is 960 g/mol. The number of aromatic nitrogens is 4. The molecule has 0 saturated carbocycles. The molecule has 0 radical (unpaired) electrons. The summed E-state index contributed by atoms with van der Waals surface area (Å²) in [6.45, 7) is 15.3. The van der Waals surface area contributed by atoms with Crippen molar-refractivity contribution in [3.05, 3.63) is 187 Å². The molecule has 2 aliphatic rings. The van der Waals surface area contributed by atoms with Crippen LogP contribution in [0, 0.1) is 13.8 Å². The van der Waals surface area contributed by atoms with Crippen molar-refractivity contribution in [1.29, 1.82) is 0 Å². The number of aryl methyl sites for hydroxylation is 2. The quantitative estimate of drug-likeness (QED) is 0.0836. The number of aromatic amines is 2. The number of phosphoric acid groups is 1. The Hall–Kier alpha value is -5.38. The van der Waals surface area contributed by atoms with Crippen molar-refractivity contribution in [2.45, 2.75) is 115 Å². The topological polar surface area (TPSA) is 202 Å². The van der Waals surface area contributed by atoms with Gasteiger partial charge in [-0.15, -0.1) is 0 Å². The zero-order chi connectivity index (χ0) is 50.9. The fourth-order valence-electron chi connectivity index (χ4n) is 10.1. The van der Waals surface area contributed by atoms with Gasteiger partial charge in [-0.25, -0.2) is 14.2 Å². The lowest BCUT2D eigenvalue weighted by Gasteiger charge is -2.45. The van der Waals surface area contributed by atoms with E-state index in [1.807, 2.05) is 121 Å². The summed E-state index contributed by atoms with van der Waals surface area (Å²) in [5.74, 6) is 0. The van der Waals surface area contributed by atoms with E-state index >= 15 is 0 Å². The van der Waals surface area contributed by atoms with Crippen LogP contribution in [0.25, 0.3) is 0 Å². The lowest BCUT2D eigenvalue weighted by molar-refractivity contribution is -0.0549. The van der Waals surface area contributed by atoms with Crippen LogP contribution in [0.3, 0.4) is 0 Å². The Labute approximate surface area is 414 Å². The third-order valence-electron chi connectivity index (χ3n) is 13.6. The average molecular weight is 1020 g/mol. The van der Waals surface area contributed by atoms with Gasteiger partial charge >= 0.3 is 19.2 Å². The minimum atomic E-state index is -5.04. The number of benzene rings is 4. The molecule has 376 valence electrons. The van der Waals surface area contributed by atoms with Crippen LogP contribution in [-0.2, 0) is 31.9 Å². The molecule has 1 unspecified atom stereocenters. The van der Waals surface area contributed by atoms with Gasteiger partial charge in [-0.2, -0.15) is 0 Å². The van der Waals surface area contributed by atoms with Crippen LogP contribution in [0.5, 0.6) is 0 Å². The van der Waals surface area contributed by atoms with Gasteiger partial charge in [0.25, 0.3) is 27.8 Å². The Morgan fingerprint density at radius 2 is 0.958 bits per heavy atom. The fourth-order valence-corrected chi connectivity index (χ4v) is 20.4. The maximum Gasteiger partial charge on any atom is 0.472 e. The van der Waals surface area contributed by atoms with E-state index in [-0.39, 0.29) is 30.6 Å². The number of nitrogens with zero attached hydrogens (tertiary/aromatic N) is 2.